The minimum Gasteiger partial charge on any atom is -0.493 e. The van der Waals surface area contributed by atoms with E-state index in [-0.39, 0.29) is 18.0 Å². The SMILES string of the molecule is CCOc1ccccc1NC(=O)COc1cc([N+](=O)[O-])ccc1OC. The van der Waals surface area contributed by atoms with Crippen LogP contribution in [0.15, 0.2) is 42.5 Å². The smallest absolute Gasteiger partial charge is 0.273 e. The van der Waals surface area contributed by atoms with Crippen LogP contribution in [-0.2, 0) is 4.79 Å². The highest BCUT2D eigenvalue weighted by atomic mass is 16.6. The summed E-state index contributed by atoms with van der Waals surface area (Å²) in [6, 6.07) is 10.9. The van der Waals surface area contributed by atoms with Gasteiger partial charge in [-0.15, -0.1) is 0 Å². The highest BCUT2D eigenvalue weighted by molar-refractivity contribution is 5.93. The predicted octanol–water partition coefficient (Wildman–Crippen LogP) is 3.02. The van der Waals surface area contributed by atoms with Crippen molar-refractivity contribution >= 4 is 17.3 Å². The number of nitrogens with zero attached hydrogens (tertiary/aromatic N) is 1. The molecule has 0 bridgehead atoms. The van der Waals surface area contributed by atoms with Gasteiger partial charge in [-0.3, -0.25) is 14.9 Å². The first-order chi connectivity index (χ1) is 12.0. The standard InChI is InChI=1S/C17H18N2O6/c1-3-24-14-7-5-4-6-13(14)18-17(20)11-25-16-10-12(19(21)22)8-9-15(16)23-2/h4-10H,3,11H2,1-2H3,(H,18,20). The van der Waals surface area contributed by atoms with Crippen LogP contribution in [0.3, 0.4) is 0 Å². The van der Waals surface area contributed by atoms with Crippen molar-refractivity contribution in [2.75, 3.05) is 25.6 Å². The number of nitro benzene ring substituents is 1. The van der Waals surface area contributed by atoms with Crippen LogP contribution in [0.4, 0.5) is 11.4 Å². The van der Waals surface area contributed by atoms with Crippen molar-refractivity contribution in [3.8, 4) is 17.2 Å². The molecule has 0 saturated heterocycles. The average Bonchev–Trinajstić information content (AvgIpc) is 2.61. The van der Waals surface area contributed by atoms with E-state index in [1.165, 1.54) is 25.3 Å². The van der Waals surface area contributed by atoms with E-state index in [0.29, 0.717) is 23.8 Å². The van der Waals surface area contributed by atoms with Gasteiger partial charge in [-0.25, -0.2) is 0 Å². The Labute approximate surface area is 144 Å². The topological polar surface area (TPSA) is 99.9 Å². The highest BCUT2D eigenvalue weighted by Gasteiger charge is 2.14. The number of ether oxygens (including phenoxy) is 3. The van der Waals surface area contributed by atoms with Crippen molar-refractivity contribution < 1.29 is 23.9 Å². The van der Waals surface area contributed by atoms with Gasteiger partial charge in [0.1, 0.15) is 5.75 Å². The fraction of sp³-hybridized carbons (Fsp3) is 0.235. The van der Waals surface area contributed by atoms with Gasteiger partial charge in [-0.1, -0.05) is 12.1 Å². The summed E-state index contributed by atoms with van der Waals surface area (Å²) in [5.41, 5.74) is 0.363. The van der Waals surface area contributed by atoms with E-state index in [4.69, 9.17) is 14.2 Å². The fourth-order valence-corrected chi connectivity index (χ4v) is 2.07. The number of carbonyl (C=O) groups excluding carboxylic acids is 1. The van der Waals surface area contributed by atoms with Crippen LogP contribution in [0.2, 0.25) is 0 Å². The zero-order valence-corrected chi connectivity index (χ0v) is 13.9. The molecule has 1 amide bonds. The van der Waals surface area contributed by atoms with Crippen molar-refractivity contribution in [1.29, 1.82) is 0 Å². The molecule has 2 aromatic carbocycles. The third-order valence-electron chi connectivity index (χ3n) is 3.18. The molecule has 0 atom stereocenters. The quantitative estimate of drug-likeness (QED) is 0.582. The molecule has 132 valence electrons. The first-order valence-corrected chi connectivity index (χ1v) is 7.52. The molecular formula is C17H18N2O6. The molecule has 0 aliphatic heterocycles. The van der Waals surface area contributed by atoms with E-state index in [0.717, 1.165) is 0 Å². The molecule has 0 aliphatic rings. The van der Waals surface area contributed by atoms with Gasteiger partial charge in [0.05, 0.1) is 30.4 Å². The van der Waals surface area contributed by atoms with E-state index in [9.17, 15) is 14.9 Å². The minimum absolute atomic E-state index is 0.116. The largest absolute Gasteiger partial charge is 0.493 e. The van der Waals surface area contributed by atoms with Gasteiger partial charge in [0.25, 0.3) is 11.6 Å². The second-order valence-corrected chi connectivity index (χ2v) is 4.86. The Balaban J connectivity index is 2.05. The summed E-state index contributed by atoms with van der Waals surface area (Å²) in [7, 11) is 1.41. The summed E-state index contributed by atoms with van der Waals surface area (Å²) in [6.07, 6.45) is 0. The molecule has 0 spiro atoms. The maximum Gasteiger partial charge on any atom is 0.273 e. The molecule has 1 N–H and O–H groups in total. The number of carbonyl (C=O) groups is 1. The van der Waals surface area contributed by atoms with Crippen molar-refractivity contribution in [2.45, 2.75) is 6.92 Å². The molecule has 0 saturated carbocycles. The highest BCUT2D eigenvalue weighted by Crippen LogP contribution is 2.31. The van der Waals surface area contributed by atoms with Crippen molar-refractivity contribution in [1.82, 2.24) is 0 Å². The van der Waals surface area contributed by atoms with Gasteiger partial charge in [-0.2, -0.15) is 0 Å². The number of anilines is 1. The summed E-state index contributed by atoms with van der Waals surface area (Å²) in [6.45, 7) is 1.97. The van der Waals surface area contributed by atoms with Crippen molar-refractivity contribution in [3.05, 3.63) is 52.6 Å². The molecule has 0 aliphatic carbocycles. The minimum atomic E-state index is -0.551. The second-order valence-electron chi connectivity index (χ2n) is 4.86. The summed E-state index contributed by atoms with van der Waals surface area (Å²) in [5, 5.41) is 13.5. The predicted molar refractivity (Wildman–Crippen MR) is 91.4 cm³/mol. The lowest BCUT2D eigenvalue weighted by Crippen LogP contribution is -2.20. The van der Waals surface area contributed by atoms with Gasteiger partial charge in [0.2, 0.25) is 0 Å². The first kappa shape index (κ1) is 18.1. The number of methoxy groups -OCH3 is 1. The van der Waals surface area contributed by atoms with Crippen LogP contribution in [0, 0.1) is 10.1 Å². The summed E-state index contributed by atoms with van der Waals surface area (Å²) in [5.74, 6) is 0.532. The normalized spacial score (nSPS) is 10.0. The van der Waals surface area contributed by atoms with Gasteiger partial charge in [-0.05, 0) is 25.1 Å². The molecule has 0 aromatic heterocycles. The van der Waals surface area contributed by atoms with Crippen LogP contribution in [-0.4, -0.2) is 31.2 Å². The number of nitrogens with one attached hydrogen (secondary N) is 1. The van der Waals surface area contributed by atoms with E-state index in [2.05, 4.69) is 5.32 Å². The number of benzene rings is 2. The number of nitro groups is 1. The number of para-hydroxylation sites is 2. The molecular weight excluding hydrogens is 328 g/mol. The molecule has 8 nitrogen and oxygen atoms in total. The Morgan fingerprint density at radius 3 is 2.56 bits per heavy atom. The lowest BCUT2D eigenvalue weighted by atomic mass is 10.3. The van der Waals surface area contributed by atoms with Crippen LogP contribution >= 0.6 is 0 Å². The Morgan fingerprint density at radius 2 is 1.88 bits per heavy atom. The van der Waals surface area contributed by atoms with E-state index in [1.54, 1.807) is 24.3 Å². The monoisotopic (exact) mass is 346 g/mol. The number of amides is 1. The van der Waals surface area contributed by atoms with Crippen LogP contribution in [0.25, 0.3) is 0 Å². The molecule has 0 unspecified atom stereocenters. The van der Waals surface area contributed by atoms with E-state index < -0.39 is 10.8 Å². The average molecular weight is 346 g/mol. The third-order valence-corrected chi connectivity index (χ3v) is 3.18. The zero-order valence-electron chi connectivity index (χ0n) is 13.9. The molecule has 2 rings (SSSR count). The van der Waals surface area contributed by atoms with E-state index in [1.807, 2.05) is 6.92 Å². The summed E-state index contributed by atoms with van der Waals surface area (Å²) < 4.78 is 15.9. The lowest BCUT2D eigenvalue weighted by molar-refractivity contribution is -0.385. The Bertz CT molecular complexity index is 763. The fourth-order valence-electron chi connectivity index (χ4n) is 2.07. The summed E-state index contributed by atoms with van der Waals surface area (Å²) in [4.78, 5) is 22.4. The molecule has 8 heteroatoms. The Kier molecular flexibility index (Phi) is 6.16. The molecule has 25 heavy (non-hydrogen) atoms. The Morgan fingerprint density at radius 1 is 1.12 bits per heavy atom. The van der Waals surface area contributed by atoms with Gasteiger partial charge < -0.3 is 19.5 Å². The Hall–Kier alpha value is -3.29. The van der Waals surface area contributed by atoms with Crippen LogP contribution in [0.5, 0.6) is 17.2 Å². The van der Waals surface area contributed by atoms with Crippen LogP contribution in [0.1, 0.15) is 6.92 Å². The van der Waals surface area contributed by atoms with Gasteiger partial charge >= 0.3 is 0 Å². The van der Waals surface area contributed by atoms with Gasteiger partial charge in [0, 0.05) is 6.07 Å². The number of non-ortho nitro benzene ring substituents is 1. The van der Waals surface area contributed by atoms with Crippen molar-refractivity contribution in [2.24, 2.45) is 0 Å². The number of hydrogen-bond acceptors (Lipinski definition) is 6. The first-order valence-electron chi connectivity index (χ1n) is 7.52. The number of hydrogen-bond donors (Lipinski definition) is 1. The van der Waals surface area contributed by atoms with E-state index >= 15 is 0 Å². The zero-order chi connectivity index (χ0) is 18.2. The third kappa shape index (κ3) is 4.84. The maximum absolute atomic E-state index is 12.1. The second kappa shape index (κ2) is 8.53. The van der Waals surface area contributed by atoms with Crippen molar-refractivity contribution in [3.63, 3.8) is 0 Å². The molecule has 0 heterocycles. The molecule has 0 fully saturated rings. The summed E-state index contributed by atoms with van der Waals surface area (Å²) >= 11 is 0. The van der Waals surface area contributed by atoms with Crippen LogP contribution < -0.4 is 19.5 Å². The van der Waals surface area contributed by atoms with Gasteiger partial charge in [0.15, 0.2) is 18.1 Å². The molecule has 0 radical (unpaired) electrons. The molecule has 2 aromatic rings. The number of rotatable bonds is 8. The maximum atomic E-state index is 12.1. The lowest BCUT2D eigenvalue weighted by Gasteiger charge is -2.13.